The first-order chi connectivity index (χ1) is 9.45. The van der Waals surface area contributed by atoms with Gasteiger partial charge in [-0.15, -0.1) is 0 Å². The molecule has 0 radical (unpaired) electrons. The lowest BCUT2D eigenvalue weighted by molar-refractivity contribution is 0.0698. The lowest BCUT2D eigenvalue weighted by Gasteiger charge is -2.18. The Balaban J connectivity index is 2.74. The van der Waals surface area contributed by atoms with Crippen LogP contribution in [0.1, 0.15) is 16.8 Å². The molecule has 0 aromatic heterocycles. The Kier molecular flexibility index (Phi) is 6.47. The smallest absolute Gasteiger partial charge is 0.337 e. The maximum absolute atomic E-state index is 12.0. The van der Waals surface area contributed by atoms with Gasteiger partial charge in [0.2, 0.25) is 0 Å². The highest BCUT2D eigenvalue weighted by atomic mass is 79.9. The third-order valence-corrected chi connectivity index (χ3v) is 3.21. The molecule has 1 aromatic rings. The zero-order chi connectivity index (χ0) is 15.1. The van der Waals surface area contributed by atoms with Crippen molar-refractivity contribution in [3.63, 3.8) is 0 Å². The molecule has 0 bridgehead atoms. The van der Waals surface area contributed by atoms with Gasteiger partial charge >= 0.3 is 12.0 Å². The van der Waals surface area contributed by atoms with Gasteiger partial charge < -0.3 is 20.6 Å². The number of benzene rings is 1. The van der Waals surface area contributed by atoms with Crippen LogP contribution in [-0.2, 0) is 0 Å². The van der Waals surface area contributed by atoms with Gasteiger partial charge in [-0.3, -0.25) is 0 Å². The van der Waals surface area contributed by atoms with Gasteiger partial charge in [0.1, 0.15) is 0 Å². The van der Waals surface area contributed by atoms with E-state index in [1.807, 2.05) is 7.05 Å². The topological polar surface area (TPSA) is 81.7 Å². The summed E-state index contributed by atoms with van der Waals surface area (Å²) in [7, 11) is 3.52. The fraction of sp³-hybridized carbons (Fsp3) is 0.385. The summed E-state index contributed by atoms with van der Waals surface area (Å²) in [6, 6.07) is 4.31. The standard InChI is InChI=1S/C13H18BrN3O3/c1-15-6-3-7-17(2)13(20)16-11-8-9(14)4-5-10(11)12(18)19/h4-5,8,15H,3,6-7H2,1-2H3,(H,16,20)(H,18,19). The Morgan fingerprint density at radius 3 is 2.70 bits per heavy atom. The fourth-order valence-electron chi connectivity index (χ4n) is 1.61. The molecular formula is C13H18BrN3O3. The van der Waals surface area contributed by atoms with Gasteiger partial charge in [-0.1, -0.05) is 15.9 Å². The Bertz CT molecular complexity index is 494. The number of carbonyl (C=O) groups is 2. The second-order valence-corrected chi connectivity index (χ2v) is 5.22. The van der Waals surface area contributed by atoms with Crippen molar-refractivity contribution < 1.29 is 14.7 Å². The molecule has 2 amide bonds. The highest BCUT2D eigenvalue weighted by Crippen LogP contribution is 2.21. The average Bonchev–Trinajstić information content (AvgIpc) is 2.38. The van der Waals surface area contributed by atoms with E-state index in [2.05, 4.69) is 26.6 Å². The van der Waals surface area contributed by atoms with Crippen LogP contribution in [0.15, 0.2) is 22.7 Å². The molecule has 7 heteroatoms. The molecule has 20 heavy (non-hydrogen) atoms. The van der Waals surface area contributed by atoms with E-state index in [0.717, 1.165) is 13.0 Å². The lowest BCUT2D eigenvalue weighted by atomic mass is 10.2. The van der Waals surface area contributed by atoms with Crippen molar-refractivity contribution in [2.24, 2.45) is 0 Å². The minimum absolute atomic E-state index is 0.0603. The molecule has 0 spiro atoms. The Morgan fingerprint density at radius 1 is 1.40 bits per heavy atom. The number of anilines is 1. The van der Waals surface area contributed by atoms with Crippen LogP contribution in [0.2, 0.25) is 0 Å². The largest absolute Gasteiger partial charge is 0.478 e. The molecule has 0 aliphatic carbocycles. The summed E-state index contributed by atoms with van der Waals surface area (Å²) in [5.74, 6) is -1.08. The van der Waals surface area contributed by atoms with Gasteiger partial charge in [0.15, 0.2) is 0 Å². The Labute approximate surface area is 126 Å². The molecule has 0 aliphatic heterocycles. The molecule has 1 rings (SSSR count). The number of carboxylic acid groups (broad SMARTS) is 1. The molecule has 0 aliphatic rings. The first kappa shape index (κ1) is 16.5. The van der Waals surface area contributed by atoms with Gasteiger partial charge in [0.05, 0.1) is 11.3 Å². The van der Waals surface area contributed by atoms with Gasteiger partial charge in [0, 0.05) is 18.1 Å². The van der Waals surface area contributed by atoms with Crippen LogP contribution in [0.3, 0.4) is 0 Å². The quantitative estimate of drug-likeness (QED) is 0.691. The summed E-state index contributed by atoms with van der Waals surface area (Å²) in [6.07, 6.45) is 0.824. The van der Waals surface area contributed by atoms with Crippen molar-refractivity contribution in [3.8, 4) is 0 Å². The van der Waals surface area contributed by atoms with Crippen LogP contribution in [0.25, 0.3) is 0 Å². The third kappa shape index (κ3) is 4.82. The van der Waals surface area contributed by atoms with E-state index in [4.69, 9.17) is 5.11 Å². The van der Waals surface area contributed by atoms with Gasteiger partial charge in [-0.2, -0.15) is 0 Å². The number of nitrogens with zero attached hydrogens (tertiary/aromatic N) is 1. The molecule has 0 heterocycles. The second kappa shape index (κ2) is 7.86. The minimum atomic E-state index is -1.08. The molecule has 0 unspecified atom stereocenters. The number of hydrogen-bond donors (Lipinski definition) is 3. The number of hydrogen-bond acceptors (Lipinski definition) is 3. The number of rotatable bonds is 6. The van der Waals surface area contributed by atoms with Crippen molar-refractivity contribution in [1.29, 1.82) is 0 Å². The van der Waals surface area contributed by atoms with E-state index in [9.17, 15) is 9.59 Å². The van der Waals surface area contributed by atoms with Crippen LogP contribution in [-0.4, -0.2) is 49.2 Å². The zero-order valence-electron chi connectivity index (χ0n) is 11.4. The van der Waals surface area contributed by atoms with Crippen molar-refractivity contribution in [1.82, 2.24) is 10.2 Å². The highest BCUT2D eigenvalue weighted by Gasteiger charge is 2.15. The maximum Gasteiger partial charge on any atom is 0.337 e. The van der Waals surface area contributed by atoms with E-state index in [1.54, 1.807) is 19.2 Å². The van der Waals surface area contributed by atoms with Crippen LogP contribution in [0.5, 0.6) is 0 Å². The molecule has 0 fully saturated rings. The molecule has 0 atom stereocenters. The molecule has 0 saturated carbocycles. The predicted molar refractivity (Wildman–Crippen MR) is 81.3 cm³/mol. The van der Waals surface area contributed by atoms with Gasteiger partial charge in [0.25, 0.3) is 0 Å². The van der Waals surface area contributed by atoms with E-state index in [-0.39, 0.29) is 17.3 Å². The predicted octanol–water partition coefficient (Wildman–Crippen LogP) is 2.22. The maximum atomic E-state index is 12.0. The molecule has 3 N–H and O–H groups in total. The number of carboxylic acids is 1. The molecular weight excluding hydrogens is 326 g/mol. The Hall–Kier alpha value is -1.60. The fourth-order valence-corrected chi connectivity index (χ4v) is 1.97. The van der Waals surface area contributed by atoms with E-state index in [1.165, 1.54) is 11.0 Å². The van der Waals surface area contributed by atoms with Gasteiger partial charge in [-0.05, 0) is 38.2 Å². The van der Waals surface area contributed by atoms with Crippen LogP contribution >= 0.6 is 15.9 Å². The number of carbonyl (C=O) groups excluding carboxylic acids is 1. The first-order valence-electron chi connectivity index (χ1n) is 6.15. The third-order valence-electron chi connectivity index (χ3n) is 2.72. The number of urea groups is 1. The summed E-state index contributed by atoms with van der Waals surface area (Å²) in [5, 5.41) is 14.7. The molecule has 0 saturated heterocycles. The summed E-state index contributed by atoms with van der Waals surface area (Å²) in [6.45, 7) is 1.40. The lowest BCUT2D eigenvalue weighted by Crippen LogP contribution is -2.33. The summed E-state index contributed by atoms with van der Waals surface area (Å²) in [5.41, 5.74) is 0.336. The number of nitrogens with one attached hydrogen (secondary N) is 2. The van der Waals surface area contributed by atoms with E-state index in [0.29, 0.717) is 11.0 Å². The molecule has 1 aromatic carbocycles. The first-order valence-corrected chi connectivity index (χ1v) is 6.94. The monoisotopic (exact) mass is 343 g/mol. The van der Waals surface area contributed by atoms with Gasteiger partial charge in [-0.25, -0.2) is 9.59 Å². The van der Waals surface area contributed by atoms with Crippen LogP contribution in [0, 0.1) is 0 Å². The minimum Gasteiger partial charge on any atom is -0.478 e. The highest BCUT2D eigenvalue weighted by molar-refractivity contribution is 9.10. The summed E-state index contributed by atoms with van der Waals surface area (Å²) < 4.78 is 0.704. The van der Waals surface area contributed by atoms with Crippen molar-refractivity contribution in [2.45, 2.75) is 6.42 Å². The normalized spacial score (nSPS) is 10.2. The van der Waals surface area contributed by atoms with Crippen LogP contribution < -0.4 is 10.6 Å². The summed E-state index contributed by atoms with van der Waals surface area (Å²) in [4.78, 5) is 24.6. The SMILES string of the molecule is CNCCCN(C)C(=O)Nc1cc(Br)ccc1C(=O)O. The number of aromatic carboxylic acids is 1. The average molecular weight is 344 g/mol. The summed E-state index contributed by atoms with van der Waals surface area (Å²) >= 11 is 3.26. The Morgan fingerprint density at radius 2 is 2.10 bits per heavy atom. The number of amides is 2. The van der Waals surface area contributed by atoms with Crippen molar-refractivity contribution >= 4 is 33.6 Å². The van der Waals surface area contributed by atoms with E-state index < -0.39 is 5.97 Å². The van der Waals surface area contributed by atoms with Crippen molar-refractivity contribution in [3.05, 3.63) is 28.2 Å². The van der Waals surface area contributed by atoms with Crippen LogP contribution in [0.4, 0.5) is 10.5 Å². The molecule has 110 valence electrons. The molecule has 6 nitrogen and oxygen atoms in total. The number of halogens is 1. The van der Waals surface area contributed by atoms with E-state index >= 15 is 0 Å². The van der Waals surface area contributed by atoms with Crippen molar-refractivity contribution in [2.75, 3.05) is 32.5 Å². The second-order valence-electron chi connectivity index (χ2n) is 4.30. The zero-order valence-corrected chi connectivity index (χ0v) is 13.0.